The van der Waals surface area contributed by atoms with Crippen molar-refractivity contribution in [2.24, 2.45) is 0 Å². The fourth-order valence-corrected chi connectivity index (χ4v) is 3.43. The molecule has 17 heavy (non-hydrogen) atoms. The minimum absolute atomic E-state index is 0.743. The number of hydrogen-bond donors (Lipinski definition) is 1. The second-order valence-electron chi connectivity index (χ2n) is 5.47. The van der Waals surface area contributed by atoms with Crippen LogP contribution in [0.15, 0.2) is 22.7 Å². The third-order valence-corrected chi connectivity index (χ3v) is 4.79. The van der Waals surface area contributed by atoms with Gasteiger partial charge in [0, 0.05) is 17.1 Å². The van der Waals surface area contributed by atoms with Crippen molar-refractivity contribution in [2.45, 2.75) is 50.5 Å². The van der Waals surface area contributed by atoms with Crippen LogP contribution in [-0.2, 0) is 6.42 Å². The molecule has 1 aromatic carbocycles. The van der Waals surface area contributed by atoms with E-state index in [-0.39, 0.29) is 0 Å². The Labute approximate surface area is 112 Å². The van der Waals surface area contributed by atoms with Gasteiger partial charge in [-0.1, -0.05) is 28.4 Å². The zero-order valence-electron chi connectivity index (χ0n) is 10.2. The van der Waals surface area contributed by atoms with E-state index in [4.69, 9.17) is 0 Å². The van der Waals surface area contributed by atoms with Crippen molar-refractivity contribution in [2.75, 3.05) is 6.54 Å². The molecule has 1 aromatic rings. The lowest BCUT2D eigenvalue weighted by molar-refractivity contribution is 0.326. The van der Waals surface area contributed by atoms with Crippen LogP contribution in [0, 0.1) is 0 Å². The van der Waals surface area contributed by atoms with E-state index in [0.717, 1.165) is 12.0 Å². The topological polar surface area (TPSA) is 12.0 Å². The number of rotatable bonds is 3. The predicted molar refractivity (Wildman–Crippen MR) is 75.5 cm³/mol. The third-order valence-electron chi connectivity index (χ3n) is 4.30. The number of benzene rings is 1. The number of halogens is 1. The van der Waals surface area contributed by atoms with Gasteiger partial charge in [-0.3, -0.25) is 0 Å². The molecule has 0 spiro atoms. The zero-order valence-corrected chi connectivity index (χ0v) is 11.8. The number of hydrogen-bond acceptors (Lipinski definition) is 1. The minimum atomic E-state index is 0.743. The lowest BCUT2D eigenvalue weighted by Crippen LogP contribution is -2.38. The van der Waals surface area contributed by atoms with Crippen molar-refractivity contribution >= 4 is 15.9 Å². The number of nitrogens with one attached hydrogen (secondary N) is 1. The first-order valence-corrected chi connectivity index (χ1v) is 7.64. The molecule has 0 aromatic heterocycles. The van der Waals surface area contributed by atoms with E-state index in [1.807, 2.05) is 0 Å². The standard InChI is InChI=1S/C15H20BrN/c16-13-7-8-15-11(9-13)3-1-4-12(15)10-17-14-5-2-6-14/h7-9,12,14,17H,1-6,10H2. The Hall–Kier alpha value is -0.340. The van der Waals surface area contributed by atoms with E-state index in [9.17, 15) is 0 Å². The molecule has 1 unspecified atom stereocenters. The maximum Gasteiger partial charge on any atom is 0.0178 e. The SMILES string of the molecule is Brc1ccc2c(c1)CCCC2CNC1CCC1. The summed E-state index contributed by atoms with van der Waals surface area (Å²) >= 11 is 3.58. The van der Waals surface area contributed by atoms with Gasteiger partial charge in [0.05, 0.1) is 0 Å². The molecule has 0 aliphatic heterocycles. The van der Waals surface area contributed by atoms with Crippen molar-refractivity contribution in [3.8, 4) is 0 Å². The van der Waals surface area contributed by atoms with Crippen molar-refractivity contribution in [1.82, 2.24) is 5.32 Å². The Kier molecular flexibility index (Phi) is 3.53. The van der Waals surface area contributed by atoms with Crippen LogP contribution in [0.5, 0.6) is 0 Å². The molecule has 92 valence electrons. The average molecular weight is 294 g/mol. The molecule has 0 bridgehead atoms. The molecule has 2 aliphatic carbocycles. The van der Waals surface area contributed by atoms with E-state index in [0.29, 0.717) is 0 Å². The molecular weight excluding hydrogens is 274 g/mol. The monoisotopic (exact) mass is 293 g/mol. The summed E-state index contributed by atoms with van der Waals surface area (Å²) in [5.41, 5.74) is 3.15. The molecule has 2 heteroatoms. The van der Waals surface area contributed by atoms with E-state index in [2.05, 4.69) is 39.4 Å². The highest BCUT2D eigenvalue weighted by atomic mass is 79.9. The molecule has 1 saturated carbocycles. The van der Waals surface area contributed by atoms with Crippen LogP contribution in [-0.4, -0.2) is 12.6 Å². The highest BCUT2D eigenvalue weighted by Gasteiger charge is 2.23. The molecule has 1 nitrogen and oxygen atoms in total. The Morgan fingerprint density at radius 1 is 1.18 bits per heavy atom. The zero-order chi connectivity index (χ0) is 11.7. The first-order chi connectivity index (χ1) is 8.33. The molecule has 2 aliphatic rings. The molecule has 0 saturated heterocycles. The van der Waals surface area contributed by atoms with E-state index < -0.39 is 0 Å². The lowest BCUT2D eigenvalue weighted by atomic mass is 9.82. The first kappa shape index (κ1) is 11.7. The Balaban J connectivity index is 1.69. The van der Waals surface area contributed by atoms with Gasteiger partial charge in [0.15, 0.2) is 0 Å². The number of fused-ring (bicyclic) bond motifs is 1. The summed E-state index contributed by atoms with van der Waals surface area (Å²) in [5.74, 6) is 0.743. The lowest BCUT2D eigenvalue weighted by Gasteiger charge is -2.31. The molecule has 1 atom stereocenters. The molecule has 1 N–H and O–H groups in total. The summed E-state index contributed by atoms with van der Waals surface area (Å²) in [6.45, 7) is 1.18. The molecular formula is C15H20BrN. The minimum Gasteiger partial charge on any atom is -0.313 e. The molecule has 1 fully saturated rings. The quantitative estimate of drug-likeness (QED) is 0.888. The summed E-state index contributed by atoms with van der Waals surface area (Å²) in [5, 5.41) is 3.73. The number of aryl methyl sites for hydroxylation is 1. The molecule has 0 radical (unpaired) electrons. The van der Waals surface area contributed by atoms with Crippen molar-refractivity contribution < 1.29 is 0 Å². The maximum atomic E-state index is 3.73. The fourth-order valence-electron chi connectivity index (χ4n) is 3.02. The molecule has 0 amide bonds. The van der Waals surface area contributed by atoms with Gasteiger partial charge >= 0.3 is 0 Å². The van der Waals surface area contributed by atoms with Crippen LogP contribution in [0.25, 0.3) is 0 Å². The second-order valence-corrected chi connectivity index (χ2v) is 6.38. The maximum absolute atomic E-state index is 3.73. The third kappa shape index (κ3) is 2.58. The van der Waals surface area contributed by atoms with Crippen LogP contribution in [0.1, 0.15) is 49.1 Å². The Morgan fingerprint density at radius 2 is 2.06 bits per heavy atom. The largest absolute Gasteiger partial charge is 0.313 e. The second kappa shape index (κ2) is 5.11. The van der Waals surface area contributed by atoms with Crippen LogP contribution in [0.2, 0.25) is 0 Å². The summed E-state index contributed by atoms with van der Waals surface area (Å²) in [4.78, 5) is 0. The van der Waals surface area contributed by atoms with E-state index in [1.54, 1.807) is 11.1 Å². The van der Waals surface area contributed by atoms with Gasteiger partial charge in [0.2, 0.25) is 0 Å². The highest BCUT2D eigenvalue weighted by Crippen LogP contribution is 2.33. The van der Waals surface area contributed by atoms with Crippen LogP contribution in [0.4, 0.5) is 0 Å². The summed E-state index contributed by atoms with van der Waals surface area (Å²) in [6, 6.07) is 7.65. The van der Waals surface area contributed by atoms with Gasteiger partial charge in [-0.05, 0) is 61.3 Å². The average Bonchev–Trinajstić information content (AvgIpc) is 2.26. The Bertz CT molecular complexity index is 398. The van der Waals surface area contributed by atoms with Crippen molar-refractivity contribution in [3.05, 3.63) is 33.8 Å². The summed E-state index contributed by atoms with van der Waals surface area (Å²) in [7, 11) is 0. The fraction of sp³-hybridized carbons (Fsp3) is 0.600. The highest BCUT2D eigenvalue weighted by molar-refractivity contribution is 9.10. The van der Waals surface area contributed by atoms with Gasteiger partial charge in [-0.2, -0.15) is 0 Å². The van der Waals surface area contributed by atoms with Gasteiger partial charge in [0.1, 0.15) is 0 Å². The van der Waals surface area contributed by atoms with Crippen molar-refractivity contribution in [3.63, 3.8) is 0 Å². The van der Waals surface area contributed by atoms with Crippen LogP contribution in [0.3, 0.4) is 0 Å². The van der Waals surface area contributed by atoms with Crippen LogP contribution >= 0.6 is 15.9 Å². The summed E-state index contributed by atoms with van der Waals surface area (Å²) in [6.07, 6.45) is 8.16. The van der Waals surface area contributed by atoms with E-state index >= 15 is 0 Å². The van der Waals surface area contributed by atoms with Gasteiger partial charge in [-0.25, -0.2) is 0 Å². The normalized spacial score (nSPS) is 24.2. The summed E-state index contributed by atoms with van der Waals surface area (Å²) < 4.78 is 1.23. The van der Waals surface area contributed by atoms with Gasteiger partial charge in [0.25, 0.3) is 0 Å². The Morgan fingerprint density at radius 3 is 2.82 bits per heavy atom. The van der Waals surface area contributed by atoms with E-state index in [1.165, 1.54) is 49.5 Å². The van der Waals surface area contributed by atoms with Gasteiger partial charge in [-0.15, -0.1) is 0 Å². The molecule has 3 rings (SSSR count). The molecule has 0 heterocycles. The van der Waals surface area contributed by atoms with Gasteiger partial charge < -0.3 is 5.32 Å². The predicted octanol–water partition coefficient (Wildman–Crippen LogP) is 4.01. The smallest absolute Gasteiger partial charge is 0.0178 e. The van der Waals surface area contributed by atoms with Crippen LogP contribution < -0.4 is 5.32 Å². The van der Waals surface area contributed by atoms with Crippen molar-refractivity contribution in [1.29, 1.82) is 0 Å². The first-order valence-electron chi connectivity index (χ1n) is 6.84.